The Bertz CT molecular complexity index is 624. The van der Waals surface area contributed by atoms with Crippen LogP contribution in [0.15, 0.2) is 24.3 Å². The maximum atomic E-state index is 6.19. The number of aromatic nitrogens is 2. The zero-order valence-corrected chi connectivity index (χ0v) is 11.7. The molecule has 0 aliphatic heterocycles. The van der Waals surface area contributed by atoms with Gasteiger partial charge in [0.15, 0.2) is 5.15 Å². The molecule has 3 nitrogen and oxygen atoms in total. The molecule has 2 aromatic rings. The van der Waals surface area contributed by atoms with Gasteiger partial charge in [-0.15, -0.1) is 0 Å². The van der Waals surface area contributed by atoms with E-state index < -0.39 is 0 Å². The number of rotatable bonds is 3. The van der Waals surface area contributed by atoms with E-state index in [9.17, 15) is 0 Å². The van der Waals surface area contributed by atoms with Gasteiger partial charge in [0.2, 0.25) is 0 Å². The molecule has 0 radical (unpaired) electrons. The van der Waals surface area contributed by atoms with E-state index in [4.69, 9.17) is 16.3 Å². The van der Waals surface area contributed by atoms with Crippen molar-refractivity contribution in [3.05, 3.63) is 40.8 Å². The second-order valence-electron chi connectivity index (χ2n) is 4.88. The molecule has 0 atom stereocenters. The minimum Gasteiger partial charge on any atom is -0.490 e. The molecule has 0 spiro atoms. The molecule has 0 unspecified atom stereocenters. The lowest BCUT2D eigenvalue weighted by Gasteiger charge is -2.09. The number of hydrogen-bond donors (Lipinski definition) is 0. The minimum absolute atomic E-state index is 0.386. The van der Waals surface area contributed by atoms with Crippen LogP contribution >= 0.6 is 11.6 Å². The Morgan fingerprint density at radius 1 is 1.16 bits per heavy atom. The van der Waals surface area contributed by atoms with E-state index in [-0.39, 0.29) is 0 Å². The van der Waals surface area contributed by atoms with Crippen molar-refractivity contribution in [3.8, 4) is 17.0 Å². The summed E-state index contributed by atoms with van der Waals surface area (Å²) in [5.74, 6) is 0.871. The molecule has 1 aromatic heterocycles. The van der Waals surface area contributed by atoms with E-state index in [1.54, 1.807) is 0 Å². The number of benzene rings is 1. The molecular weight excluding hydrogens is 260 g/mol. The Morgan fingerprint density at radius 3 is 2.63 bits per heavy atom. The SMILES string of the molecule is Cc1nc(Cl)c(-c2cccc(OC3CC3)c2)nc1C. The number of halogens is 1. The van der Waals surface area contributed by atoms with Gasteiger partial charge < -0.3 is 4.74 Å². The smallest absolute Gasteiger partial charge is 0.155 e. The van der Waals surface area contributed by atoms with Crippen LogP contribution in [0.4, 0.5) is 0 Å². The third-order valence-electron chi connectivity index (χ3n) is 3.20. The fourth-order valence-corrected chi connectivity index (χ4v) is 2.13. The van der Waals surface area contributed by atoms with Gasteiger partial charge in [0, 0.05) is 5.56 Å². The van der Waals surface area contributed by atoms with Crippen LogP contribution in [0.25, 0.3) is 11.3 Å². The summed E-state index contributed by atoms with van der Waals surface area (Å²) < 4.78 is 5.79. The normalized spacial score (nSPS) is 14.5. The van der Waals surface area contributed by atoms with Gasteiger partial charge in [0.05, 0.1) is 17.5 Å². The highest BCUT2D eigenvalue weighted by atomic mass is 35.5. The zero-order valence-electron chi connectivity index (χ0n) is 11.0. The van der Waals surface area contributed by atoms with Gasteiger partial charge in [0.1, 0.15) is 11.4 Å². The number of nitrogens with zero attached hydrogens (tertiary/aromatic N) is 2. The van der Waals surface area contributed by atoms with Gasteiger partial charge in [-0.1, -0.05) is 23.7 Å². The minimum atomic E-state index is 0.386. The summed E-state index contributed by atoms with van der Waals surface area (Å²) in [4.78, 5) is 8.84. The Labute approximate surface area is 117 Å². The van der Waals surface area contributed by atoms with Crippen LogP contribution < -0.4 is 4.74 Å². The highest BCUT2D eigenvalue weighted by Crippen LogP contribution is 2.31. The molecule has 98 valence electrons. The van der Waals surface area contributed by atoms with Crippen molar-refractivity contribution < 1.29 is 4.74 Å². The van der Waals surface area contributed by atoms with Crippen molar-refractivity contribution in [1.29, 1.82) is 0 Å². The van der Waals surface area contributed by atoms with Crippen LogP contribution in [0.3, 0.4) is 0 Å². The van der Waals surface area contributed by atoms with Crippen LogP contribution in [0.5, 0.6) is 5.75 Å². The van der Waals surface area contributed by atoms with Gasteiger partial charge in [-0.2, -0.15) is 0 Å². The quantitative estimate of drug-likeness (QED) is 0.850. The summed E-state index contributed by atoms with van der Waals surface area (Å²) in [6.45, 7) is 3.84. The highest BCUT2D eigenvalue weighted by molar-refractivity contribution is 6.31. The van der Waals surface area contributed by atoms with Crippen LogP contribution in [0, 0.1) is 13.8 Å². The number of hydrogen-bond acceptors (Lipinski definition) is 3. The first-order valence-electron chi connectivity index (χ1n) is 6.41. The summed E-state index contributed by atoms with van der Waals surface area (Å²) in [5, 5.41) is 0.437. The monoisotopic (exact) mass is 274 g/mol. The van der Waals surface area contributed by atoms with E-state index >= 15 is 0 Å². The van der Waals surface area contributed by atoms with E-state index in [1.807, 2.05) is 38.1 Å². The molecule has 3 rings (SSSR count). The maximum absolute atomic E-state index is 6.19. The molecule has 1 saturated carbocycles. The summed E-state index contributed by atoms with van der Waals surface area (Å²) in [6.07, 6.45) is 2.68. The molecule has 0 N–H and O–H groups in total. The summed E-state index contributed by atoms with van der Waals surface area (Å²) in [7, 11) is 0. The van der Waals surface area contributed by atoms with Gasteiger partial charge in [-0.25, -0.2) is 9.97 Å². The standard InChI is InChI=1S/C15H15ClN2O/c1-9-10(2)18-15(16)14(17-9)11-4-3-5-13(8-11)19-12-6-7-12/h3-5,8,12H,6-7H2,1-2H3. The topological polar surface area (TPSA) is 35.0 Å². The summed E-state index contributed by atoms with van der Waals surface area (Å²) in [6, 6.07) is 7.87. The van der Waals surface area contributed by atoms with E-state index in [1.165, 1.54) is 0 Å². The molecule has 1 aliphatic rings. The number of ether oxygens (including phenoxy) is 1. The van der Waals surface area contributed by atoms with Crippen molar-refractivity contribution in [2.75, 3.05) is 0 Å². The first-order chi connectivity index (χ1) is 9.13. The second kappa shape index (κ2) is 4.82. The van der Waals surface area contributed by atoms with Gasteiger partial charge in [-0.05, 0) is 38.8 Å². The Kier molecular flexibility index (Phi) is 3.15. The first kappa shape index (κ1) is 12.4. The van der Waals surface area contributed by atoms with Crippen molar-refractivity contribution in [2.45, 2.75) is 32.8 Å². The number of aryl methyl sites for hydroxylation is 2. The molecule has 0 saturated heterocycles. The zero-order chi connectivity index (χ0) is 13.4. The predicted octanol–water partition coefficient (Wildman–Crippen LogP) is 3.96. The third-order valence-corrected chi connectivity index (χ3v) is 3.46. The largest absolute Gasteiger partial charge is 0.490 e. The second-order valence-corrected chi connectivity index (χ2v) is 5.24. The average Bonchev–Trinajstić information content (AvgIpc) is 3.18. The Balaban J connectivity index is 1.98. The molecular formula is C15H15ClN2O. The van der Waals surface area contributed by atoms with Crippen molar-refractivity contribution in [2.24, 2.45) is 0 Å². The van der Waals surface area contributed by atoms with E-state index in [2.05, 4.69) is 9.97 Å². The lowest BCUT2D eigenvalue weighted by Crippen LogP contribution is -1.98. The highest BCUT2D eigenvalue weighted by Gasteiger charge is 2.23. The molecule has 1 heterocycles. The van der Waals surface area contributed by atoms with Crippen LogP contribution in [-0.4, -0.2) is 16.1 Å². The lowest BCUT2D eigenvalue weighted by molar-refractivity contribution is 0.303. The third kappa shape index (κ3) is 2.71. The summed E-state index contributed by atoms with van der Waals surface area (Å²) >= 11 is 6.19. The molecule has 1 fully saturated rings. The predicted molar refractivity (Wildman–Crippen MR) is 75.6 cm³/mol. The van der Waals surface area contributed by atoms with Gasteiger partial charge in [-0.3, -0.25) is 0 Å². The van der Waals surface area contributed by atoms with Crippen molar-refractivity contribution in [3.63, 3.8) is 0 Å². The van der Waals surface area contributed by atoms with Crippen molar-refractivity contribution in [1.82, 2.24) is 9.97 Å². The van der Waals surface area contributed by atoms with Gasteiger partial charge >= 0.3 is 0 Å². The molecule has 1 aromatic carbocycles. The fourth-order valence-electron chi connectivity index (χ4n) is 1.85. The maximum Gasteiger partial charge on any atom is 0.155 e. The lowest BCUT2D eigenvalue weighted by atomic mass is 10.1. The molecule has 1 aliphatic carbocycles. The average molecular weight is 275 g/mol. The molecule has 4 heteroatoms. The molecule has 19 heavy (non-hydrogen) atoms. The molecule has 0 amide bonds. The fraction of sp³-hybridized carbons (Fsp3) is 0.333. The Morgan fingerprint density at radius 2 is 1.89 bits per heavy atom. The van der Waals surface area contributed by atoms with Crippen LogP contribution in [0.1, 0.15) is 24.2 Å². The molecule has 0 bridgehead atoms. The van der Waals surface area contributed by atoms with Crippen molar-refractivity contribution >= 4 is 11.6 Å². The van der Waals surface area contributed by atoms with Crippen LogP contribution in [0.2, 0.25) is 5.15 Å². The first-order valence-corrected chi connectivity index (χ1v) is 6.79. The summed E-state index contributed by atoms with van der Waals surface area (Å²) in [5.41, 5.74) is 3.41. The van der Waals surface area contributed by atoms with E-state index in [0.29, 0.717) is 17.0 Å². The van der Waals surface area contributed by atoms with Gasteiger partial charge in [0.25, 0.3) is 0 Å². The Hall–Kier alpha value is -1.61. The van der Waals surface area contributed by atoms with E-state index in [0.717, 1.165) is 35.5 Å². The van der Waals surface area contributed by atoms with Crippen LogP contribution in [-0.2, 0) is 0 Å².